The average Bonchev–Trinajstić information content (AvgIpc) is 3.30. The molecule has 1 aliphatic carbocycles. The van der Waals surface area contributed by atoms with Gasteiger partial charge in [-0.2, -0.15) is 0 Å². The predicted octanol–water partition coefficient (Wildman–Crippen LogP) is 6.43. The maximum Gasteiger partial charge on any atom is 0.235 e. The van der Waals surface area contributed by atoms with Gasteiger partial charge in [0.05, 0.1) is 12.0 Å². The van der Waals surface area contributed by atoms with Gasteiger partial charge in [0.1, 0.15) is 5.75 Å². The highest BCUT2D eigenvalue weighted by atomic mass is 35.5. The first-order chi connectivity index (χ1) is 15.6. The highest BCUT2D eigenvalue weighted by Crippen LogP contribution is 2.44. The summed E-state index contributed by atoms with van der Waals surface area (Å²) in [7, 11) is 0. The third-order valence-electron chi connectivity index (χ3n) is 7.19. The van der Waals surface area contributed by atoms with Crippen LogP contribution in [0.5, 0.6) is 5.75 Å². The van der Waals surface area contributed by atoms with E-state index in [4.69, 9.17) is 16.3 Å². The quantitative estimate of drug-likeness (QED) is 0.467. The monoisotopic (exact) mass is 454 g/mol. The van der Waals surface area contributed by atoms with Gasteiger partial charge in [0.2, 0.25) is 5.91 Å². The molecule has 0 bridgehead atoms. The first-order valence-corrected chi connectivity index (χ1v) is 12.5. The summed E-state index contributed by atoms with van der Waals surface area (Å²) in [6, 6.07) is 16.2. The molecule has 172 valence electrons. The summed E-state index contributed by atoms with van der Waals surface area (Å²) in [5.41, 5.74) is 1.20. The molecule has 0 aromatic heterocycles. The molecule has 4 nitrogen and oxygen atoms in total. The van der Waals surface area contributed by atoms with Crippen molar-refractivity contribution < 1.29 is 9.53 Å². The zero-order valence-electron chi connectivity index (χ0n) is 19.1. The lowest BCUT2D eigenvalue weighted by atomic mass is 9.78. The maximum atomic E-state index is 13.4. The van der Waals surface area contributed by atoms with Crippen LogP contribution in [0.4, 0.5) is 5.69 Å². The Hall–Kier alpha value is -2.04. The van der Waals surface area contributed by atoms with Crippen molar-refractivity contribution in [3.8, 4) is 5.75 Å². The predicted molar refractivity (Wildman–Crippen MR) is 132 cm³/mol. The van der Waals surface area contributed by atoms with E-state index in [1.807, 2.05) is 48.5 Å². The zero-order valence-corrected chi connectivity index (χ0v) is 19.9. The van der Waals surface area contributed by atoms with E-state index in [9.17, 15) is 4.79 Å². The van der Waals surface area contributed by atoms with Crippen molar-refractivity contribution in [3.63, 3.8) is 0 Å². The van der Waals surface area contributed by atoms with E-state index < -0.39 is 5.41 Å². The molecule has 0 spiro atoms. The lowest BCUT2D eigenvalue weighted by Gasteiger charge is -2.33. The van der Waals surface area contributed by atoms with Crippen molar-refractivity contribution in [1.29, 1.82) is 0 Å². The van der Waals surface area contributed by atoms with Gasteiger partial charge in [-0.15, -0.1) is 0 Å². The Labute approximate surface area is 197 Å². The van der Waals surface area contributed by atoms with Crippen LogP contribution >= 0.6 is 11.6 Å². The molecule has 1 aliphatic heterocycles. The Bertz CT molecular complexity index is 893. The fraction of sp³-hybridized carbons (Fsp3) is 0.519. The number of nitrogens with zero attached hydrogens (tertiary/aromatic N) is 1. The SMILES string of the molecule is C[C@H]1CCCCN1CCCOc1ccc(NC(=O)C2(c3ccccc3Cl)CCCC2)cc1. The number of benzene rings is 2. The summed E-state index contributed by atoms with van der Waals surface area (Å²) in [6.07, 6.45) is 8.77. The van der Waals surface area contributed by atoms with Crippen LogP contribution in [-0.2, 0) is 10.2 Å². The standard InChI is InChI=1S/C27H35ClN2O2/c1-21-9-4-7-18-30(21)19-8-20-32-23-14-12-22(13-15-23)29-26(31)27(16-5-6-17-27)24-10-2-3-11-25(24)28/h2-3,10-15,21H,4-9,16-20H2,1H3,(H,29,31)/t21-/m0/s1. The number of piperidine rings is 1. The number of hydrogen-bond acceptors (Lipinski definition) is 3. The number of halogens is 1. The van der Waals surface area contributed by atoms with Crippen molar-refractivity contribution in [2.45, 2.75) is 69.7 Å². The first kappa shape index (κ1) is 23.1. The Morgan fingerprint density at radius 3 is 2.56 bits per heavy atom. The van der Waals surface area contributed by atoms with Gasteiger partial charge in [0, 0.05) is 23.3 Å². The average molecular weight is 455 g/mol. The molecule has 2 aromatic carbocycles. The molecule has 2 aromatic rings. The number of carbonyl (C=O) groups is 1. The molecule has 1 heterocycles. The Morgan fingerprint density at radius 1 is 1.09 bits per heavy atom. The topological polar surface area (TPSA) is 41.6 Å². The number of ether oxygens (including phenoxy) is 1. The fourth-order valence-electron chi connectivity index (χ4n) is 5.28. The Morgan fingerprint density at radius 2 is 1.84 bits per heavy atom. The van der Waals surface area contributed by atoms with E-state index in [-0.39, 0.29) is 5.91 Å². The number of rotatable bonds is 8. The Kier molecular flexibility index (Phi) is 7.75. The second kappa shape index (κ2) is 10.7. The summed E-state index contributed by atoms with van der Waals surface area (Å²) in [4.78, 5) is 15.9. The van der Waals surface area contributed by atoms with Crippen LogP contribution in [0.25, 0.3) is 0 Å². The van der Waals surface area contributed by atoms with Gasteiger partial charge in [-0.05, 0) is 81.5 Å². The zero-order chi connectivity index (χ0) is 22.4. The molecular formula is C27H35ClN2O2. The minimum Gasteiger partial charge on any atom is -0.494 e. The lowest BCUT2D eigenvalue weighted by Crippen LogP contribution is -2.38. The second-order valence-corrected chi connectivity index (χ2v) is 9.74. The van der Waals surface area contributed by atoms with E-state index in [1.165, 1.54) is 25.8 Å². The van der Waals surface area contributed by atoms with E-state index in [0.717, 1.165) is 55.6 Å². The van der Waals surface area contributed by atoms with E-state index in [0.29, 0.717) is 17.7 Å². The number of nitrogens with one attached hydrogen (secondary N) is 1. The van der Waals surface area contributed by atoms with E-state index in [2.05, 4.69) is 17.1 Å². The maximum absolute atomic E-state index is 13.4. The molecule has 1 amide bonds. The number of hydrogen-bond donors (Lipinski definition) is 1. The van der Waals surface area contributed by atoms with Gasteiger partial charge in [-0.25, -0.2) is 0 Å². The molecule has 0 radical (unpaired) electrons. The minimum absolute atomic E-state index is 0.0346. The van der Waals surface area contributed by atoms with E-state index in [1.54, 1.807) is 0 Å². The third-order valence-corrected chi connectivity index (χ3v) is 7.52. The highest BCUT2D eigenvalue weighted by Gasteiger charge is 2.43. The summed E-state index contributed by atoms with van der Waals surface area (Å²) in [5.74, 6) is 0.879. The lowest BCUT2D eigenvalue weighted by molar-refractivity contribution is -0.121. The summed E-state index contributed by atoms with van der Waals surface area (Å²) in [5, 5.41) is 3.81. The number of carbonyl (C=O) groups excluding carboxylic acids is 1. The molecule has 5 heteroatoms. The normalized spacial score (nSPS) is 20.8. The largest absolute Gasteiger partial charge is 0.494 e. The van der Waals surface area contributed by atoms with Gasteiger partial charge in [-0.1, -0.05) is 49.1 Å². The van der Waals surface area contributed by atoms with Gasteiger partial charge in [-0.3, -0.25) is 4.79 Å². The van der Waals surface area contributed by atoms with Crippen molar-refractivity contribution in [1.82, 2.24) is 4.90 Å². The van der Waals surface area contributed by atoms with Crippen LogP contribution in [0, 0.1) is 0 Å². The van der Waals surface area contributed by atoms with Gasteiger partial charge >= 0.3 is 0 Å². The molecule has 32 heavy (non-hydrogen) atoms. The van der Waals surface area contributed by atoms with Crippen molar-refractivity contribution in [2.24, 2.45) is 0 Å². The van der Waals surface area contributed by atoms with Crippen LogP contribution in [0.2, 0.25) is 5.02 Å². The molecule has 1 atom stereocenters. The molecule has 4 rings (SSSR count). The van der Waals surface area contributed by atoms with Crippen LogP contribution < -0.4 is 10.1 Å². The van der Waals surface area contributed by atoms with Crippen molar-refractivity contribution in [2.75, 3.05) is 25.0 Å². The van der Waals surface area contributed by atoms with Gasteiger partial charge in [0.15, 0.2) is 0 Å². The van der Waals surface area contributed by atoms with Crippen LogP contribution in [0.15, 0.2) is 48.5 Å². The Balaban J connectivity index is 1.31. The van der Waals surface area contributed by atoms with Crippen LogP contribution in [-0.4, -0.2) is 36.5 Å². The number of anilines is 1. The van der Waals surface area contributed by atoms with Crippen LogP contribution in [0.3, 0.4) is 0 Å². The van der Waals surface area contributed by atoms with Gasteiger partial charge in [0.25, 0.3) is 0 Å². The highest BCUT2D eigenvalue weighted by molar-refractivity contribution is 6.31. The van der Waals surface area contributed by atoms with Crippen molar-refractivity contribution in [3.05, 3.63) is 59.1 Å². The summed E-state index contributed by atoms with van der Waals surface area (Å²) in [6.45, 7) is 5.35. The number of likely N-dealkylation sites (tertiary alicyclic amines) is 1. The molecule has 0 unspecified atom stereocenters. The third kappa shape index (κ3) is 5.29. The molecule has 1 N–H and O–H groups in total. The van der Waals surface area contributed by atoms with E-state index >= 15 is 0 Å². The first-order valence-electron chi connectivity index (χ1n) is 12.1. The summed E-state index contributed by atoms with van der Waals surface area (Å²) >= 11 is 6.48. The summed E-state index contributed by atoms with van der Waals surface area (Å²) < 4.78 is 5.94. The number of amides is 1. The second-order valence-electron chi connectivity index (χ2n) is 9.33. The van der Waals surface area contributed by atoms with Gasteiger partial charge < -0.3 is 15.0 Å². The smallest absolute Gasteiger partial charge is 0.235 e. The molecule has 1 saturated heterocycles. The molecule has 2 fully saturated rings. The minimum atomic E-state index is -0.543. The van der Waals surface area contributed by atoms with Crippen molar-refractivity contribution >= 4 is 23.2 Å². The molecule has 2 aliphatic rings. The van der Waals surface area contributed by atoms with Crippen LogP contribution in [0.1, 0.15) is 63.9 Å². The molecule has 1 saturated carbocycles. The molecular weight excluding hydrogens is 420 g/mol. The fourth-order valence-corrected chi connectivity index (χ4v) is 5.60.